The third-order valence-corrected chi connectivity index (χ3v) is 11.1. The van der Waals surface area contributed by atoms with Gasteiger partial charge in [0, 0.05) is 38.6 Å². The van der Waals surface area contributed by atoms with E-state index in [9.17, 15) is 21.6 Å². The van der Waals surface area contributed by atoms with Crippen molar-refractivity contribution in [1.29, 1.82) is 0 Å². The Morgan fingerprint density at radius 3 is 2.15 bits per heavy atom. The summed E-state index contributed by atoms with van der Waals surface area (Å²) in [6, 6.07) is 11.7. The molecule has 2 aromatic rings. The van der Waals surface area contributed by atoms with Gasteiger partial charge in [-0.25, -0.2) is 16.8 Å². The number of amides is 1. The molecule has 0 bridgehead atoms. The topological polar surface area (TPSA) is 122 Å². The molecule has 2 aliphatic heterocycles. The maximum Gasteiger partial charge on any atom is 0.246 e. The van der Waals surface area contributed by atoms with E-state index in [2.05, 4.69) is 5.32 Å². The highest BCUT2D eigenvalue weighted by Gasteiger charge is 2.34. The Labute approximate surface area is 231 Å². The molecule has 0 spiro atoms. The molecular formula is C27H37N3O7S2. The molecular weight excluding hydrogens is 542 g/mol. The van der Waals surface area contributed by atoms with Gasteiger partial charge >= 0.3 is 0 Å². The van der Waals surface area contributed by atoms with E-state index in [4.69, 9.17) is 9.47 Å². The lowest BCUT2D eigenvalue weighted by Gasteiger charge is -2.31. The van der Waals surface area contributed by atoms with E-state index in [1.165, 1.54) is 15.7 Å². The molecule has 4 rings (SSSR count). The van der Waals surface area contributed by atoms with Gasteiger partial charge in [0.1, 0.15) is 10.6 Å². The summed E-state index contributed by atoms with van der Waals surface area (Å²) >= 11 is 0. The van der Waals surface area contributed by atoms with Crippen LogP contribution in [0.3, 0.4) is 0 Å². The summed E-state index contributed by atoms with van der Waals surface area (Å²) in [7, 11) is -5.89. The number of sulfonamides is 2. The molecule has 10 nitrogen and oxygen atoms in total. The van der Waals surface area contributed by atoms with Gasteiger partial charge in [0.25, 0.3) is 0 Å². The molecule has 2 saturated heterocycles. The van der Waals surface area contributed by atoms with Crippen molar-refractivity contribution in [2.45, 2.75) is 48.9 Å². The van der Waals surface area contributed by atoms with Gasteiger partial charge < -0.3 is 14.8 Å². The molecule has 2 fully saturated rings. The third-order valence-electron chi connectivity index (χ3n) is 7.29. The lowest BCUT2D eigenvalue weighted by atomic mass is 9.97. The number of benzene rings is 2. The molecule has 0 aliphatic carbocycles. The maximum absolute atomic E-state index is 13.4. The molecule has 1 amide bonds. The maximum atomic E-state index is 13.4. The van der Waals surface area contributed by atoms with Crippen molar-refractivity contribution in [3.05, 3.63) is 53.6 Å². The van der Waals surface area contributed by atoms with Gasteiger partial charge in [-0.2, -0.15) is 8.61 Å². The lowest BCUT2D eigenvalue weighted by molar-refractivity contribution is -0.126. The molecule has 214 valence electrons. The van der Waals surface area contributed by atoms with Gasteiger partial charge in [0.05, 0.1) is 25.2 Å². The summed E-state index contributed by atoms with van der Waals surface area (Å²) in [6.07, 6.45) is 0.821. The first-order chi connectivity index (χ1) is 18.5. The molecule has 2 aromatic carbocycles. The molecule has 2 heterocycles. The fourth-order valence-electron chi connectivity index (χ4n) is 4.80. The summed E-state index contributed by atoms with van der Waals surface area (Å²) in [5.41, 5.74) is 1.69. The highest BCUT2D eigenvalue weighted by molar-refractivity contribution is 7.89. The average Bonchev–Trinajstić information content (AvgIpc) is 2.96. The molecule has 12 heteroatoms. The Hall–Kier alpha value is -2.51. The third kappa shape index (κ3) is 6.63. The number of methoxy groups -OCH3 is 1. The second-order valence-corrected chi connectivity index (χ2v) is 14.0. The zero-order chi connectivity index (χ0) is 28.2. The zero-order valence-electron chi connectivity index (χ0n) is 22.6. The Balaban J connectivity index is 1.32. The summed E-state index contributed by atoms with van der Waals surface area (Å²) in [5, 5.41) is 2.91. The molecule has 0 saturated carbocycles. The van der Waals surface area contributed by atoms with Crippen LogP contribution in [0.15, 0.2) is 52.3 Å². The van der Waals surface area contributed by atoms with Crippen LogP contribution in [-0.2, 0) is 36.1 Å². The van der Waals surface area contributed by atoms with Crippen molar-refractivity contribution >= 4 is 26.0 Å². The van der Waals surface area contributed by atoms with E-state index < -0.39 is 20.0 Å². The van der Waals surface area contributed by atoms with Gasteiger partial charge in [-0.1, -0.05) is 32.0 Å². The van der Waals surface area contributed by atoms with Gasteiger partial charge in [-0.05, 0) is 54.2 Å². The van der Waals surface area contributed by atoms with Crippen molar-refractivity contribution in [3.63, 3.8) is 0 Å². The Morgan fingerprint density at radius 1 is 0.949 bits per heavy atom. The van der Waals surface area contributed by atoms with Crippen LogP contribution in [-0.4, -0.2) is 77.9 Å². The normalized spacial score (nSPS) is 18.3. The quantitative estimate of drug-likeness (QED) is 0.485. The second-order valence-electron chi connectivity index (χ2n) is 10.1. The Morgan fingerprint density at radius 2 is 1.56 bits per heavy atom. The van der Waals surface area contributed by atoms with Crippen LogP contribution in [0.2, 0.25) is 0 Å². The van der Waals surface area contributed by atoms with Crippen molar-refractivity contribution < 1.29 is 31.1 Å². The lowest BCUT2D eigenvalue weighted by Crippen LogP contribution is -2.43. The van der Waals surface area contributed by atoms with Crippen LogP contribution in [0, 0.1) is 5.92 Å². The first-order valence-electron chi connectivity index (χ1n) is 13.2. The standard InChI is InChI=1S/C27H37N3O7S2/c1-20(2)23-6-9-25(36-3)26(18-23)39(34,35)29-12-10-22(11-13-29)27(31)28-19-21-4-7-24(8-5-21)38(32,33)30-14-16-37-17-15-30/h4-9,18,20,22H,10-17,19H2,1-3H3,(H,28,31). The summed E-state index contributed by atoms with van der Waals surface area (Å²) in [6.45, 7) is 6.17. The number of hydrogen-bond donors (Lipinski definition) is 1. The first kappa shape index (κ1) is 29.5. The van der Waals surface area contributed by atoms with E-state index in [-0.39, 0.29) is 47.2 Å². The second kappa shape index (κ2) is 12.3. The Bertz CT molecular complexity index is 1360. The number of carbonyl (C=O) groups excluding carboxylic acids is 1. The van der Waals surface area contributed by atoms with Crippen LogP contribution in [0.25, 0.3) is 0 Å². The highest BCUT2D eigenvalue weighted by atomic mass is 32.2. The average molecular weight is 580 g/mol. The molecule has 0 unspecified atom stereocenters. The van der Waals surface area contributed by atoms with Crippen LogP contribution >= 0.6 is 0 Å². The predicted octanol–water partition coefficient (Wildman–Crippen LogP) is 2.56. The predicted molar refractivity (Wildman–Crippen MR) is 146 cm³/mol. The van der Waals surface area contributed by atoms with Crippen LogP contribution in [0.4, 0.5) is 0 Å². The van der Waals surface area contributed by atoms with Gasteiger partial charge in [0.15, 0.2) is 0 Å². The summed E-state index contributed by atoms with van der Waals surface area (Å²) in [5.74, 6) is 0.0328. The fourth-order valence-corrected chi connectivity index (χ4v) is 7.87. The largest absolute Gasteiger partial charge is 0.495 e. The van der Waals surface area contributed by atoms with E-state index in [1.54, 1.807) is 36.4 Å². The van der Waals surface area contributed by atoms with E-state index in [1.807, 2.05) is 19.9 Å². The Kier molecular flexibility index (Phi) is 9.33. The number of nitrogens with zero attached hydrogens (tertiary/aromatic N) is 2. The van der Waals surface area contributed by atoms with Crippen molar-refractivity contribution in [1.82, 2.24) is 13.9 Å². The van der Waals surface area contributed by atoms with Gasteiger partial charge in [-0.3, -0.25) is 4.79 Å². The van der Waals surface area contributed by atoms with Gasteiger partial charge in [0.2, 0.25) is 26.0 Å². The molecule has 0 radical (unpaired) electrons. The number of piperidine rings is 1. The molecule has 2 aliphatic rings. The minimum Gasteiger partial charge on any atom is -0.495 e. The number of morpholine rings is 1. The number of nitrogens with one attached hydrogen (secondary N) is 1. The molecule has 0 aromatic heterocycles. The minimum atomic E-state index is -3.77. The molecule has 1 N–H and O–H groups in total. The van der Waals surface area contributed by atoms with E-state index in [0.29, 0.717) is 44.9 Å². The van der Waals surface area contributed by atoms with Crippen LogP contribution in [0.5, 0.6) is 5.75 Å². The number of rotatable bonds is 9. The van der Waals surface area contributed by atoms with Crippen molar-refractivity contribution in [3.8, 4) is 5.75 Å². The van der Waals surface area contributed by atoms with E-state index in [0.717, 1.165) is 11.1 Å². The van der Waals surface area contributed by atoms with Crippen LogP contribution in [0.1, 0.15) is 43.7 Å². The summed E-state index contributed by atoms with van der Waals surface area (Å²) < 4.78 is 65.8. The smallest absolute Gasteiger partial charge is 0.246 e. The number of carbonyl (C=O) groups is 1. The number of ether oxygens (including phenoxy) is 2. The fraction of sp³-hybridized carbons (Fsp3) is 0.519. The summed E-state index contributed by atoms with van der Waals surface area (Å²) in [4.78, 5) is 13.2. The van der Waals surface area contributed by atoms with Gasteiger partial charge in [-0.15, -0.1) is 0 Å². The van der Waals surface area contributed by atoms with Crippen LogP contribution < -0.4 is 10.1 Å². The van der Waals surface area contributed by atoms with E-state index >= 15 is 0 Å². The minimum absolute atomic E-state index is 0.142. The highest BCUT2D eigenvalue weighted by Crippen LogP contribution is 2.32. The zero-order valence-corrected chi connectivity index (χ0v) is 24.3. The monoisotopic (exact) mass is 579 g/mol. The van der Waals surface area contributed by atoms with Crippen molar-refractivity contribution in [2.24, 2.45) is 5.92 Å². The van der Waals surface area contributed by atoms with Crippen molar-refractivity contribution in [2.75, 3.05) is 46.5 Å². The molecule has 39 heavy (non-hydrogen) atoms. The number of hydrogen-bond acceptors (Lipinski definition) is 7. The SMILES string of the molecule is COc1ccc(C(C)C)cc1S(=O)(=O)N1CCC(C(=O)NCc2ccc(S(=O)(=O)N3CCOCC3)cc2)CC1. The first-order valence-corrected chi connectivity index (χ1v) is 16.0. The molecule has 0 atom stereocenters.